The van der Waals surface area contributed by atoms with Gasteiger partial charge in [0.2, 0.25) is 0 Å². The van der Waals surface area contributed by atoms with E-state index in [1.165, 1.54) is 0 Å². The number of β-amino-alcohol motifs (C(OH)–C–C–N with tert-alkyl or cyclic N) is 1. The minimum atomic E-state index is -1.10. The number of aromatic nitrogens is 2. The van der Waals surface area contributed by atoms with Gasteiger partial charge in [0.1, 0.15) is 6.04 Å². The van der Waals surface area contributed by atoms with E-state index < -0.39 is 24.1 Å². The van der Waals surface area contributed by atoms with Gasteiger partial charge in [0.15, 0.2) is 0 Å². The molecule has 110 valence electrons. The molecular weight excluding hydrogens is 264 g/mol. The van der Waals surface area contributed by atoms with E-state index in [2.05, 4.69) is 10.4 Å². The molecule has 20 heavy (non-hydrogen) atoms. The Morgan fingerprint density at radius 1 is 1.55 bits per heavy atom. The van der Waals surface area contributed by atoms with E-state index in [0.29, 0.717) is 0 Å². The van der Waals surface area contributed by atoms with E-state index in [1.807, 2.05) is 6.92 Å². The Morgan fingerprint density at radius 3 is 2.80 bits per heavy atom. The van der Waals surface area contributed by atoms with Crippen molar-refractivity contribution in [2.24, 2.45) is 7.05 Å². The minimum Gasteiger partial charge on any atom is -0.480 e. The van der Waals surface area contributed by atoms with Crippen LogP contribution in [0.4, 0.5) is 4.79 Å². The van der Waals surface area contributed by atoms with Crippen molar-refractivity contribution in [3.8, 4) is 0 Å². The highest BCUT2D eigenvalue weighted by Crippen LogP contribution is 2.18. The van der Waals surface area contributed by atoms with Gasteiger partial charge in [-0.25, -0.2) is 9.59 Å². The zero-order valence-corrected chi connectivity index (χ0v) is 11.4. The number of aryl methyl sites for hydroxylation is 1. The molecule has 1 fully saturated rings. The number of carbonyl (C=O) groups is 2. The lowest BCUT2D eigenvalue weighted by Crippen LogP contribution is -2.46. The highest BCUT2D eigenvalue weighted by atomic mass is 16.4. The third-order valence-electron chi connectivity index (χ3n) is 3.59. The molecule has 0 aliphatic carbocycles. The van der Waals surface area contributed by atoms with Gasteiger partial charge in [-0.05, 0) is 6.92 Å². The second kappa shape index (κ2) is 5.49. The summed E-state index contributed by atoms with van der Waals surface area (Å²) in [6.07, 6.45) is 0.930. The standard InChI is InChI=1S/C12H18N4O4/c1-7-8(5-14-15(7)2)4-13-12(20)16-6-9(17)3-10(16)11(18)19/h5,9-10,17H,3-4,6H2,1-2H3,(H,13,20)(H,18,19)/t9-,10+/m1/s1. The van der Waals surface area contributed by atoms with Gasteiger partial charge in [-0.2, -0.15) is 5.10 Å². The number of urea groups is 1. The van der Waals surface area contributed by atoms with Gasteiger partial charge < -0.3 is 20.4 Å². The van der Waals surface area contributed by atoms with Crippen molar-refractivity contribution in [1.29, 1.82) is 0 Å². The van der Waals surface area contributed by atoms with E-state index in [-0.39, 0.29) is 19.5 Å². The molecule has 1 aliphatic rings. The number of nitrogens with zero attached hydrogens (tertiary/aromatic N) is 3. The SMILES string of the molecule is Cc1c(CNC(=O)N2C[C@H](O)C[C@H]2C(=O)O)cnn1C. The molecule has 0 unspecified atom stereocenters. The van der Waals surface area contributed by atoms with E-state index in [0.717, 1.165) is 16.2 Å². The highest BCUT2D eigenvalue weighted by molar-refractivity contribution is 5.83. The van der Waals surface area contributed by atoms with Gasteiger partial charge in [0.05, 0.1) is 12.3 Å². The van der Waals surface area contributed by atoms with E-state index in [4.69, 9.17) is 5.11 Å². The van der Waals surface area contributed by atoms with Crippen LogP contribution in [0.15, 0.2) is 6.20 Å². The zero-order valence-electron chi connectivity index (χ0n) is 11.4. The van der Waals surface area contributed by atoms with Gasteiger partial charge in [-0.3, -0.25) is 4.68 Å². The van der Waals surface area contributed by atoms with E-state index in [9.17, 15) is 14.7 Å². The number of amides is 2. The molecule has 3 N–H and O–H groups in total. The summed E-state index contributed by atoms with van der Waals surface area (Å²) in [6.45, 7) is 2.19. The number of nitrogens with one attached hydrogen (secondary N) is 1. The molecular formula is C12H18N4O4. The number of aliphatic hydroxyl groups excluding tert-OH is 1. The molecule has 2 amide bonds. The lowest BCUT2D eigenvalue weighted by molar-refractivity contribution is -0.141. The van der Waals surface area contributed by atoms with Crippen LogP contribution >= 0.6 is 0 Å². The topological polar surface area (TPSA) is 108 Å². The molecule has 2 heterocycles. The fourth-order valence-electron chi connectivity index (χ4n) is 2.26. The van der Waals surface area contributed by atoms with Crippen molar-refractivity contribution < 1.29 is 19.8 Å². The van der Waals surface area contributed by atoms with Crippen LogP contribution in [-0.4, -0.2) is 55.6 Å². The first-order chi connectivity index (χ1) is 9.40. The molecule has 0 bridgehead atoms. The molecule has 1 aromatic rings. The molecule has 0 aromatic carbocycles. The van der Waals surface area contributed by atoms with Crippen molar-refractivity contribution in [1.82, 2.24) is 20.0 Å². The molecule has 1 aromatic heterocycles. The van der Waals surface area contributed by atoms with Gasteiger partial charge in [0.25, 0.3) is 0 Å². The average Bonchev–Trinajstić information content (AvgIpc) is 2.92. The minimum absolute atomic E-state index is 0.0365. The number of hydrogen-bond acceptors (Lipinski definition) is 4. The van der Waals surface area contributed by atoms with Crippen molar-refractivity contribution >= 4 is 12.0 Å². The zero-order chi connectivity index (χ0) is 14.9. The number of carboxylic acids is 1. The molecule has 8 nitrogen and oxygen atoms in total. The number of aliphatic carboxylic acids is 1. The maximum absolute atomic E-state index is 12.0. The maximum atomic E-state index is 12.0. The van der Waals surface area contributed by atoms with E-state index >= 15 is 0 Å². The number of rotatable bonds is 3. The highest BCUT2D eigenvalue weighted by Gasteiger charge is 2.38. The monoisotopic (exact) mass is 282 g/mol. The van der Waals surface area contributed by atoms with Crippen LogP contribution in [-0.2, 0) is 18.4 Å². The fraction of sp³-hybridized carbons (Fsp3) is 0.583. The summed E-state index contributed by atoms with van der Waals surface area (Å²) in [5.74, 6) is -1.10. The van der Waals surface area contributed by atoms with Crippen LogP contribution in [0.2, 0.25) is 0 Å². The lowest BCUT2D eigenvalue weighted by atomic mass is 10.2. The third kappa shape index (κ3) is 2.74. The summed E-state index contributed by atoms with van der Waals surface area (Å²) in [7, 11) is 1.80. The molecule has 1 saturated heterocycles. The number of aliphatic hydroxyl groups is 1. The molecule has 2 rings (SSSR count). The smallest absolute Gasteiger partial charge is 0.326 e. The number of hydrogen-bond donors (Lipinski definition) is 3. The van der Waals surface area contributed by atoms with Gasteiger partial charge in [0, 0.05) is 37.8 Å². The van der Waals surface area contributed by atoms with Crippen LogP contribution in [0.5, 0.6) is 0 Å². The van der Waals surface area contributed by atoms with Crippen LogP contribution in [0.1, 0.15) is 17.7 Å². The molecule has 0 saturated carbocycles. The summed E-state index contributed by atoms with van der Waals surface area (Å²) in [6, 6.07) is -1.46. The van der Waals surface area contributed by atoms with Crippen LogP contribution in [0.3, 0.4) is 0 Å². The Bertz CT molecular complexity index is 528. The van der Waals surface area contributed by atoms with E-state index in [1.54, 1.807) is 17.9 Å². The summed E-state index contributed by atoms with van der Waals surface area (Å²) in [5.41, 5.74) is 1.80. The quantitative estimate of drug-likeness (QED) is 0.690. The first-order valence-corrected chi connectivity index (χ1v) is 6.33. The maximum Gasteiger partial charge on any atom is 0.326 e. The normalized spacial score (nSPS) is 22.1. The second-order valence-corrected chi connectivity index (χ2v) is 4.93. The predicted molar refractivity (Wildman–Crippen MR) is 68.9 cm³/mol. The Kier molecular flexibility index (Phi) is 3.93. The van der Waals surface area contributed by atoms with Crippen LogP contribution in [0, 0.1) is 6.92 Å². The second-order valence-electron chi connectivity index (χ2n) is 4.93. The molecule has 0 spiro atoms. The molecule has 2 atom stereocenters. The van der Waals surface area contributed by atoms with Gasteiger partial charge in [-0.1, -0.05) is 0 Å². The average molecular weight is 282 g/mol. The largest absolute Gasteiger partial charge is 0.480 e. The van der Waals surface area contributed by atoms with Crippen molar-refractivity contribution in [2.45, 2.75) is 32.0 Å². The summed E-state index contributed by atoms with van der Waals surface area (Å²) in [4.78, 5) is 24.2. The van der Waals surface area contributed by atoms with Crippen molar-refractivity contribution in [3.63, 3.8) is 0 Å². The molecule has 8 heteroatoms. The molecule has 0 radical (unpaired) electrons. The Balaban J connectivity index is 1.98. The lowest BCUT2D eigenvalue weighted by Gasteiger charge is -2.21. The number of likely N-dealkylation sites (tertiary alicyclic amines) is 1. The third-order valence-corrected chi connectivity index (χ3v) is 3.59. The first-order valence-electron chi connectivity index (χ1n) is 6.33. The Hall–Kier alpha value is -2.09. The summed E-state index contributed by atoms with van der Waals surface area (Å²) >= 11 is 0. The van der Waals surface area contributed by atoms with Crippen LogP contribution < -0.4 is 5.32 Å². The molecule has 1 aliphatic heterocycles. The summed E-state index contributed by atoms with van der Waals surface area (Å²) in [5, 5.41) is 25.3. The van der Waals surface area contributed by atoms with Gasteiger partial charge >= 0.3 is 12.0 Å². The fourth-order valence-corrected chi connectivity index (χ4v) is 2.26. The van der Waals surface area contributed by atoms with Crippen LogP contribution in [0.25, 0.3) is 0 Å². The number of carboxylic acid groups (broad SMARTS) is 1. The number of carbonyl (C=O) groups excluding carboxylic acids is 1. The first kappa shape index (κ1) is 14.3. The van der Waals surface area contributed by atoms with Crippen molar-refractivity contribution in [2.75, 3.05) is 6.54 Å². The Morgan fingerprint density at radius 2 is 2.25 bits per heavy atom. The predicted octanol–water partition coefficient (Wildman–Crippen LogP) is -0.542. The summed E-state index contributed by atoms with van der Waals surface area (Å²) < 4.78 is 1.70. The van der Waals surface area contributed by atoms with Crippen molar-refractivity contribution in [3.05, 3.63) is 17.5 Å². The Labute approximate surface area is 116 Å². The van der Waals surface area contributed by atoms with Gasteiger partial charge in [-0.15, -0.1) is 0 Å².